The van der Waals surface area contributed by atoms with Gasteiger partial charge in [-0.05, 0) is 30.7 Å². The summed E-state index contributed by atoms with van der Waals surface area (Å²) in [6.07, 6.45) is 4.61. The zero-order chi connectivity index (χ0) is 16.3. The second-order valence-electron chi connectivity index (χ2n) is 4.75. The summed E-state index contributed by atoms with van der Waals surface area (Å²) in [6.45, 7) is 1.68. The Hall–Kier alpha value is -1.85. The molecule has 22 heavy (non-hydrogen) atoms. The fourth-order valence-electron chi connectivity index (χ4n) is 2.04. The van der Waals surface area contributed by atoms with E-state index in [4.69, 9.17) is 23.2 Å². The third-order valence-corrected chi connectivity index (χ3v) is 3.49. The number of amides is 4. The highest BCUT2D eigenvalue weighted by Gasteiger charge is 2.40. The number of allylic oxidation sites excluding steroid dienone is 1. The molecule has 116 valence electrons. The first-order valence-electron chi connectivity index (χ1n) is 6.75. The standard InChI is InChI=1S/C15H14Cl2N2O3/c1-2-3-4-5-13(20)18-9-14(21)19(15(18)22)12-7-10(16)6-11(17)8-12/h4-8H,2-3,9H2,1H3/b5-4+. The van der Waals surface area contributed by atoms with E-state index in [1.165, 1.54) is 24.3 Å². The molecule has 5 nitrogen and oxygen atoms in total. The molecule has 2 rings (SSSR count). The van der Waals surface area contributed by atoms with Crippen molar-refractivity contribution in [2.75, 3.05) is 11.4 Å². The van der Waals surface area contributed by atoms with Gasteiger partial charge in [-0.25, -0.2) is 9.69 Å². The van der Waals surface area contributed by atoms with Gasteiger partial charge in [-0.15, -0.1) is 0 Å². The number of carbonyl (C=O) groups is 3. The van der Waals surface area contributed by atoms with Crippen LogP contribution in [0.3, 0.4) is 0 Å². The van der Waals surface area contributed by atoms with Gasteiger partial charge in [0.05, 0.1) is 5.69 Å². The second-order valence-corrected chi connectivity index (χ2v) is 5.63. The highest BCUT2D eigenvalue weighted by molar-refractivity contribution is 6.35. The van der Waals surface area contributed by atoms with Gasteiger partial charge in [0, 0.05) is 10.0 Å². The first-order chi connectivity index (χ1) is 10.4. The van der Waals surface area contributed by atoms with Crippen LogP contribution in [-0.2, 0) is 9.59 Å². The Balaban J connectivity index is 2.23. The molecule has 1 fully saturated rings. The van der Waals surface area contributed by atoms with Crippen LogP contribution in [0.25, 0.3) is 0 Å². The van der Waals surface area contributed by atoms with Crippen LogP contribution in [0.4, 0.5) is 10.5 Å². The lowest BCUT2D eigenvalue weighted by Crippen LogP contribution is -2.35. The first kappa shape index (κ1) is 16.5. The number of halogens is 2. The molecule has 0 unspecified atom stereocenters. The number of carbonyl (C=O) groups excluding carboxylic acids is 3. The van der Waals surface area contributed by atoms with Crippen LogP contribution in [-0.4, -0.2) is 29.3 Å². The number of unbranched alkanes of at least 4 members (excludes halogenated alkanes) is 1. The van der Waals surface area contributed by atoms with Crippen LogP contribution in [0.5, 0.6) is 0 Å². The monoisotopic (exact) mass is 340 g/mol. The van der Waals surface area contributed by atoms with E-state index < -0.39 is 17.8 Å². The fraction of sp³-hybridized carbons (Fsp3) is 0.267. The van der Waals surface area contributed by atoms with Crippen LogP contribution < -0.4 is 4.90 Å². The molecule has 1 aromatic carbocycles. The summed E-state index contributed by atoms with van der Waals surface area (Å²) in [5.74, 6) is -1.01. The Morgan fingerprint density at radius 2 is 1.86 bits per heavy atom. The van der Waals surface area contributed by atoms with E-state index in [1.54, 1.807) is 6.08 Å². The molecular formula is C15H14Cl2N2O3. The molecule has 7 heteroatoms. The highest BCUT2D eigenvalue weighted by atomic mass is 35.5. The normalized spacial score (nSPS) is 15.2. The lowest BCUT2D eigenvalue weighted by Gasteiger charge is -2.15. The van der Waals surface area contributed by atoms with Crippen molar-refractivity contribution in [2.45, 2.75) is 19.8 Å². The number of imide groups is 2. The summed E-state index contributed by atoms with van der Waals surface area (Å²) in [4.78, 5) is 38.1. The predicted octanol–water partition coefficient (Wildman–Crippen LogP) is 3.64. The van der Waals surface area contributed by atoms with Crippen molar-refractivity contribution < 1.29 is 14.4 Å². The quantitative estimate of drug-likeness (QED) is 0.620. The molecule has 0 aliphatic carbocycles. The third kappa shape index (κ3) is 3.48. The molecular weight excluding hydrogens is 327 g/mol. The van der Waals surface area contributed by atoms with Gasteiger partial charge in [0.2, 0.25) is 0 Å². The highest BCUT2D eigenvalue weighted by Crippen LogP contribution is 2.28. The maximum Gasteiger partial charge on any atom is 0.338 e. The van der Waals surface area contributed by atoms with Crippen molar-refractivity contribution in [3.63, 3.8) is 0 Å². The lowest BCUT2D eigenvalue weighted by atomic mass is 10.3. The molecule has 1 aliphatic rings. The average molecular weight is 341 g/mol. The van der Waals surface area contributed by atoms with Crippen molar-refractivity contribution in [1.82, 2.24) is 4.90 Å². The number of hydrogen-bond donors (Lipinski definition) is 0. The minimum atomic E-state index is -0.700. The average Bonchev–Trinajstić information content (AvgIpc) is 2.73. The van der Waals surface area contributed by atoms with E-state index in [9.17, 15) is 14.4 Å². The zero-order valence-corrected chi connectivity index (χ0v) is 13.4. The molecule has 1 heterocycles. The number of urea groups is 1. The molecule has 1 aromatic rings. The molecule has 1 aliphatic heterocycles. The first-order valence-corrected chi connectivity index (χ1v) is 7.50. The van der Waals surface area contributed by atoms with E-state index in [-0.39, 0.29) is 12.2 Å². The summed E-state index contributed by atoms with van der Waals surface area (Å²) >= 11 is 11.8. The second kappa shape index (κ2) is 6.94. The Morgan fingerprint density at radius 1 is 1.23 bits per heavy atom. The summed E-state index contributed by atoms with van der Waals surface area (Å²) in [5, 5.41) is 0.603. The minimum absolute atomic E-state index is 0.250. The third-order valence-electron chi connectivity index (χ3n) is 3.05. The minimum Gasteiger partial charge on any atom is -0.272 e. The topological polar surface area (TPSA) is 57.7 Å². The fourth-order valence-corrected chi connectivity index (χ4v) is 2.55. The number of anilines is 1. The van der Waals surface area contributed by atoms with Crippen LogP contribution in [0.1, 0.15) is 19.8 Å². The zero-order valence-electron chi connectivity index (χ0n) is 11.9. The van der Waals surface area contributed by atoms with Crippen molar-refractivity contribution in [3.05, 3.63) is 40.4 Å². The molecule has 0 aromatic heterocycles. The van der Waals surface area contributed by atoms with Gasteiger partial charge in [0.25, 0.3) is 11.8 Å². The van der Waals surface area contributed by atoms with Crippen LogP contribution in [0.15, 0.2) is 30.4 Å². The van der Waals surface area contributed by atoms with Gasteiger partial charge in [-0.2, -0.15) is 0 Å². The van der Waals surface area contributed by atoms with Crippen molar-refractivity contribution in [1.29, 1.82) is 0 Å². The molecule has 1 saturated heterocycles. The van der Waals surface area contributed by atoms with Gasteiger partial charge in [-0.3, -0.25) is 14.5 Å². The Morgan fingerprint density at radius 3 is 2.45 bits per heavy atom. The molecule has 0 bridgehead atoms. The molecule has 4 amide bonds. The maximum absolute atomic E-state index is 12.3. The molecule has 0 atom stereocenters. The van der Waals surface area contributed by atoms with Gasteiger partial charge in [0.1, 0.15) is 6.54 Å². The number of benzene rings is 1. The summed E-state index contributed by atoms with van der Waals surface area (Å²) in [6, 6.07) is 3.69. The predicted molar refractivity (Wildman–Crippen MR) is 85.1 cm³/mol. The van der Waals surface area contributed by atoms with Crippen LogP contribution >= 0.6 is 23.2 Å². The molecule has 0 N–H and O–H groups in total. The van der Waals surface area contributed by atoms with Gasteiger partial charge in [0.15, 0.2) is 0 Å². The molecule has 0 spiro atoms. The van der Waals surface area contributed by atoms with E-state index >= 15 is 0 Å². The van der Waals surface area contributed by atoms with E-state index in [0.717, 1.165) is 22.6 Å². The Labute approximate surface area is 138 Å². The van der Waals surface area contributed by atoms with Gasteiger partial charge >= 0.3 is 6.03 Å². The SMILES string of the molecule is CCC/C=C/C(=O)N1CC(=O)N(c2cc(Cl)cc(Cl)c2)C1=O. The van der Waals surface area contributed by atoms with E-state index in [0.29, 0.717) is 10.0 Å². The van der Waals surface area contributed by atoms with Crippen molar-refractivity contribution in [2.24, 2.45) is 0 Å². The number of nitrogens with zero attached hydrogens (tertiary/aromatic N) is 2. The number of rotatable bonds is 4. The Bertz CT molecular complexity index is 638. The lowest BCUT2D eigenvalue weighted by molar-refractivity contribution is -0.125. The maximum atomic E-state index is 12.3. The van der Waals surface area contributed by atoms with Crippen molar-refractivity contribution in [3.8, 4) is 0 Å². The van der Waals surface area contributed by atoms with Gasteiger partial charge in [-0.1, -0.05) is 42.6 Å². The van der Waals surface area contributed by atoms with Gasteiger partial charge < -0.3 is 0 Å². The molecule has 0 saturated carbocycles. The van der Waals surface area contributed by atoms with E-state index in [2.05, 4.69) is 0 Å². The van der Waals surface area contributed by atoms with Crippen LogP contribution in [0.2, 0.25) is 10.0 Å². The summed E-state index contributed by atoms with van der Waals surface area (Å²) in [5.41, 5.74) is 0.250. The van der Waals surface area contributed by atoms with Crippen molar-refractivity contribution >= 4 is 46.7 Å². The largest absolute Gasteiger partial charge is 0.338 e. The van der Waals surface area contributed by atoms with Crippen LogP contribution in [0, 0.1) is 0 Å². The molecule has 0 radical (unpaired) electrons. The Kier molecular flexibility index (Phi) is 5.21. The smallest absolute Gasteiger partial charge is 0.272 e. The summed E-state index contributed by atoms with van der Waals surface area (Å²) in [7, 11) is 0. The summed E-state index contributed by atoms with van der Waals surface area (Å²) < 4.78 is 0. The van der Waals surface area contributed by atoms with E-state index in [1.807, 2.05) is 6.92 Å². The number of hydrogen-bond acceptors (Lipinski definition) is 3.